The Bertz CT molecular complexity index is 740. The molecule has 1 aromatic carbocycles. The van der Waals surface area contributed by atoms with E-state index in [-0.39, 0.29) is 24.3 Å². The Morgan fingerprint density at radius 1 is 1.24 bits per heavy atom. The Kier molecular flexibility index (Phi) is 5.65. The maximum atomic E-state index is 11.9. The number of amides is 2. The molecule has 0 aliphatic heterocycles. The van der Waals surface area contributed by atoms with Gasteiger partial charge >= 0.3 is 0 Å². The average Bonchev–Trinajstić information content (AvgIpc) is 2.94. The highest BCUT2D eigenvalue weighted by Crippen LogP contribution is 2.27. The summed E-state index contributed by atoms with van der Waals surface area (Å²) in [7, 11) is 0. The van der Waals surface area contributed by atoms with E-state index in [0.29, 0.717) is 17.4 Å². The van der Waals surface area contributed by atoms with Crippen LogP contribution in [0.1, 0.15) is 24.8 Å². The second kappa shape index (κ2) is 8.11. The molecule has 1 aliphatic rings. The van der Waals surface area contributed by atoms with E-state index in [4.69, 9.17) is 11.6 Å². The van der Waals surface area contributed by atoms with Gasteiger partial charge in [0, 0.05) is 17.5 Å². The minimum Gasteiger partial charge on any atom is -0.354 e. The van der Waals surface area contributed by atoms with E-state index in [2.05, 4.69) is 20.9 Å². The van der Waals surface area contributed by atoms with E-state index in [9.17, 15) is 9.59 Å². The number of anilines is 1. The van der Waals surface area contributed by atoms with Gasteiger partial charge in [-0.05, 0) is 37.0 Å². The van der Waals surface area contributed by atoms with Gasteiger partial charge in [-0.15, -0.1) is 5.10 Å². The van der Waals surface area contributed by atoms with Gasteiger partial charge in [0.05, 0.1) is 6.20 Å². The molecule has 8 heteroatoms. The second-order valence-corrected chi connectivity index (χ2v) is 6.58. The van der Waals surface area contributed by atoms with Crippen LogP contribution in [0.4, 0.5) is 5.82 Å². The van der Waals surface area contributed by atoms with E-state index in [1.54, 1.807) is 6.20 Å². The van der Waals surface area contributed by atoms with Gasteiger partial charge in [0.15, 0.2) is 5.82 Å². The maximum Gasteiger partial charge on any atom is 0.241 e. The fourth-order valence-corrected chi connectivity index (χ4v) is 2.66. The monoisotopic (exact) mass is 361 g/mol. The zero-order chi connectivity index (χ0) is 17.6. The van der Waals surface area contributed by atoms with Gasteiger partial charge in [-0.3, -0.25) is 9.59 Å². The molecule has 7 nitrogen and oxygen atoms in total. The summed E-state index contributed by atoms with van der Waals surface area (Å²) in [4.78, 5) is 23.8. The third-order valence-corrected chi connectivity index (χ3v) is 4.47. The first-order valence-electron chi connectivity index (χ1n) is 8.32. The molecular formula is C17H20ClN5O2. The van der Waals surface area contributed by atoms with Gasteiger partial charge < -0.3 is 10.6 Å². The number of nitrogens with one attached hydrogen (secondary N) is 2. The molecule has 2 N–H and O–H groups in total. The van der Waals surface area contributed by atoms with Crippen molar-refractivity contribution < 1.29 is 9.59 Å². The molecule has 0 radical (unpaired) electrons. The van der Waals surface area contributed by atoms with Gasteiger partial charge in [0.25, 0.3) is 0 Å². The Labute approximate surface area is 150 Å². The highest BCUT2D eigenvalue weighted by molar-refractivity contribution is 6.30. The normalized spacial score (nSPS) is 14.0. The number of hydrogen-bond acceptors (Lipinski definition) is 4. The van der Waals surface area contributed by atoms with E-state index < -0.39 is 0 Å². The smallest absolute Gasteiger partial charge is 0.241 e. The van der Waals surface area contributed by atoms with Crippen molar-refractivity contribution in [1.82, 2.24) is 20.3 Å². The predicted octanol–water partition coefficient (Wildman–Crippen LogP) is 2.03. The molecular weight excluding hydrogens is 342 g/mol. The molecule has 0 saturated heterocycles. The van der Waals surface area contributed by atoms with Crippen molar-refractivity contribution in [2.45, 2.75) is 32.2 Å². The van der Waals surface area contributed by atoms with Crippen molar-refractivity contribution in [2.75, 3.05) is 11.9 Å². The van der Waals surface area contributed by atoms with Crippen LogP contribution in [0, 0.1) is 5.92 Å². The topological polar surface area (TPSA) is 88.9 Å². The maximum absolute atomic E-state index is 11.9. The van der Waals surface area contributed by atoms with Gasteiger partial charge in [-0.2, -0.15) is 0 Å². The fourth-order valence-electron chi connectivity index (χ4n) is 2.53. The number of hydrogen-bond donors (Lipinski definition) is 2. The summed E-state index contributed by atoms with van der Waals surface area (Å²) in [6.45, 7) is 0.591. The highest BCUT2D eigenvalue weighted by Gasteiger charge is 2.25. The molecule has 132 valence electrons. The first kappa shape index (κ1) is 17.4. The summed E-state index contributed by atoms with van der Waals surface area (Å²) in [5.41, 5.74) is 1.10. The lowest BCUT2D eigenvalue weighted by molar-refractivity contribution is -0.122. The molecule has 0 atom stereocenters. The fraction of sp³-hybridized carbons (Fsp3) is 0.412. The van der Waals surface area contributed by atoms with Crippen LogP contribution in [-0.4, -0.2) is 33.4 Å². The van der Waals surface area contributed by atoms with Crippen molar-refractivity contribution in [2.24, 2.45) is 5.92 Å². The predicted molar refractivity (Wildman–Crippen MR) is 94.2 cm³/mol. The zero-order valence-electron chi connectivity index (χ0n) is 13.7. The summed E-state index contributed by atoms with van der Waals surface area (Å²) >= 11 is 5.84. The third kappa shape index (κ3) is 5.03. The molecule has 25 heavy (non-hydrogen) atoms. The summed E-state index contributed by atoms with van der Waals surface area (Å²) < 4.78 is 1.41. The summed E-state index contributed by atoms with van der Waals surface area (Å²) in [5.74, 6) is 0.286. The molecule has 1 saturated carbocycles. The van der Waals surface area contributed by atoms with Gasteiger partial charge in [0.1, 0.15) is 6.54 Å². The number of benzene rings is 1. The van der Waals surface area contributed by atoms with Crippen LogP contribution in [0.3, 0.4) is 0 Å². The molecule has 1 aliphatic carbocycles. The number of carbonyl (C=O) groups excluding carboxylic acids is 2. The van der Waals surface area contributed by atoms with Gasteiger partial charge in [-0.1, -0.05) is 35.4 Å². The summed E-state index contributed by atoms with van der Waals surface area (Å²) in [6, 6.07) is 7.52. The first-order chi connectivity index (χ1) is 12.1. The van der Waals surface area contributed by atoms with Crippen molar-refractivity contribution in [3.8, 4) is 0 Å². The highest BCUT2D eigenvalue weighted by atomic mass is 35.5. The molecule has 1 heterocycles. The third-order valence-electron chi connectivity index (χ3n) is 4.22. The Balaban J connectivity index is 1.40. The molecule has 2 amide bonds. The minimum absolute atomic E-state index is 0.0225. The van der Waals surface area contributed by atoms with Crippen LogP contribution in [0.15, 0.2) is 30.5 Å². The molecule has 1 aromatic heterocycles. The van der Waals surface area contributed by atoms with E-state index >= 15 is 0 Å². The standard InChI is InChI=1S/C17H20ClN5O2/c18-14-6-4-12(5-7-14)8-9-19-16(24)11-23-10-15(21-22-23)20-17(25)13-2-1-3-13/h4-7,10,13H,1-3,8-9,11H2,(H,19,24)(H,20,25). The lowest BCUT2D eigenvalue weighted by Gasteiger charge is -2.23. The van der Waals surface area contributed by atoms with Crippen LogP contribution >= 0.6 is 11.6 Å². The van der Waals surface area contributed by atoms with Crippen LogP contribution < -0.4 is 10.6 Å². The Hall–Kier alpha value is -2.41. The van der Waals surface area contributed by atoms with Crippen molar-refractivity contribution in [3.05, 3.63) is 41.0 Å². The molecule has 0 unspecified atom stereocenters. The van der Waals surface area contributed by atoms with E-state index in [1.165, 1.54) is 4.68 Å². The molecule has 1 fully saturated rings. The molecule has 0 spiro atoms. The van der Waals surface area contributed by atoms with E-state index in [0.717, 1.165) is 31.2 Å². The van der Waals surface area contributed by atoms with Gasteiger partial charge in [-0.25, -0.2) is 4.68 Å². The number of halogens is 1. The Morgan fingerprint density at radius 3 is 2.68 bits per heavy atom. The summed E-state index contributed by atoms with van der Waals surface area (Å²) in [6.07, 6.45) is 5.24. The average molecular weight is 362 g/mol. The second-order valence-electron chi connectivity index (χ2n) is 6.14. The van der Waals surface area contributed by atoms with Crippen LogP contribution in [-0.2, 0) is 22.6 Å². The first-order valence-corrected chi connectivity index (χ1v) is 8.70. The van der Waals surface area contributed by atoms with Gasteiger partial charge in [0.2, 0.25) is 11.8 Å². The summed E-state index contributed by atoms with van der Waals surface area (Å²) in [5, 5.41) is 14.0. The van der Waals surface area contributed by atoms with Crippen molar-refractivity contribution >= 4 is 29.2 Å². The largest absolute Gasteiger partial charge is 0.354 e. The molecule has 0 bridgehead atoms. The molecule has 2 aromatic rings. The van der Waals surface area contributed by atoms with E-state index in [1.807, 2.05) is 24.3 Å². The zero-order valence-corrected chi connectivity index (χ0v) is 14.5. The minimum atomic E-state index is -0.157. The number of carbonyl (C=O) groups is 2. The van der Waals surface area contributed by atoms with Crippen molar-refractivity contribution in [3.63, 3.8) is 0 Å². The number of aromatic nitrogens is 3. The number of rotatable bonds is 7. The Morgan fingerprint density at radius 2 is 2.00 bits per heavy atom. The lowest BCUT2D eigenvalue weighted by atomic mass is 9.85. The SMILES string of the molecule is O=C(Cn1cc(NC(=O)C2CCC2)nn1)NCCc1ccc(Cl)cc1. The number of nitrogens with zero attached hydrogens (tertiary/aromatic N) is 3. The van der Waals surface area contributed by atoms with Crippen molar-refractivity contribution in [1.29, 1.82) is 0 Å². The van der Waals surface area contributed by atoms with Crippen LogP contribution in [0.25, 0.3) is 0 Å². The van der Waals surface area contributed by atoms with Crippen LogP contribution in [0.5, 0.6) is 0 Å². The lowest BCUT2D eigenvalue weighted by Crippen LogP contribution is -2.29. The quantitative estimate of drug-likeness (QED) is 0.789. The molecule has 3 rings (SSSR count). The van der Waals surface area contributed by atoms with Crippen LogP contribution in [0.2, 0.25) is 5.02 Å².